The standard InChI is InChI=1S/C34H46N2/c1-5-14-30(23-25(2)35-26(3)29-18-13-19-29)31-21-22-33-32(24-31)17-11-12-20-34(33)36-27(4)28-15-9-7-6-8-10-16-28/h5,14,18,21-24,28,34-36H,1,3-4,6-13,15-17,19-20H2,2H3/b25-23+,30-14+. The van der Waals surface area contributed by atoms with Crippen LogP contribution in [-0.2, 0) is 6.42 Å². The molecule has 1 unspecified atom stereocenters. The predicted molar refractivity (Wildman–Crippen MR) is 156 cm³/mol. The fraction of sp³-hybridized carbons (Fsp3) is 0.471. The van der Waals surface area contributed by atoms with Gasteiger partial charge in [-0.1, -0.05) is 94.7 Å². The lowest BCUT2D eigenvalue weighted by Gasteiger charge is -2.28. The van der Waals surface area contributed by atoms with Crippen molar-refractivity contribution in [2.24, 2.45) is 5.92 Å². The summed E-state index contributed by atoms with van der Waals surface area (Å²) < 4.78 is 0. The molecule has 0 bridgehead atoms. The average Bonchev–Trinajstić information content (AvgIpc) is 2.99. The lowest BCUT2D eigenvalue weighted by molar-refractivity contribution is 0.388. The van der Waals surface area contributed by atoms with Gasteiger partial charge >= 0.3 is 0 Å². The van der Waals surface area contributed by atoms with Crippen LogP contribution in [0.15, 0.2) is 84.9 Å². The summed E-state index contributed by atoms with van der Waals surface area (Å²) in [4.78, 5) is 0. The molecule has 0 amide bonds. The van der Waals surface area contributed by atoms with E-state index >= 15 is 0 Å². The van der Waals surface area contributed by atoms with Crippen molar-refractivity contribution < 1.29 is 0 Å². The maximum atomic E-state index is 4.54. The highest BCUT2D eigenvalue weighted by Crippen LogP contribution is 2.34. The molecule has 0 aliphatic heterocycles. The van der Waals surface area contributed by atoms with Crippen LogP contribution in [0.1, 0.15) is 107 Å². The Hall–Kier alpha value is -2.74. The summed E-state index contributed by atoms with van der Waals surface area (Å²) in [6, 6.07) is 7.44. The zero-order chi connectivity index (χ0) is 25.3. The minimum absolute atomic E-state index is 0.374. The Labute approximate surface area is 220 Å². The molecule has 0 heterocycles. The normalized spacial score (nSPS) is 21.6. The summed E-state index contributed by atoms with van der Waals surface area (Å²) in [6.45, 7) is 14.8. The summed E-state index contributed by atoms with van der Waals surface area (Å²) in [5.41, 5.74) is 10.1. The molecule has 2 heteroatoms. The number of hydrogen-bond donors (Lipinski definition) is 2. The first-order chi connectivity index (χ1) is 17.5. The Balaban J connectivity index is 1.50. The molecule has 2 N–H and O–H groups in total. The van der Waals surface area contributed by atoms with Gasteiger partial charge in [0.2, 0.25) is 0 Å². The topological polar surface area (TPSA) is 24.1 Å². The first kappa shape index (κ1) is 26.3. The molecule has 0 radical (unpaired) electrons. The van der Waals surface area contributed by atoms with E-state index in [1.165, 1.54) is 104 Å². The van der Waals surface area contributed by atoms with E-state index in [1.807, 2.05) is 6.08 Å². The lowest BCUT2D eigenvalue weighted by Crippen LogP contribution is -2.25. The van der Waals surface area contributed by atoms with E-state index in [2.05, 4.69) is 73.7 Å². The fourth-order valence-corrected chi connectivity index (χ4v) is 5.96. The van der Waals surface area contributed by atoms with Crippen LogP contribution < -0.4 is 10.6 Å². The quantitative estimate of drug-likeness (QED) is 0.271. The summed E-state index contributed by atoms with van der Waals surface area (Å²) in [6.07, 6.45) is 25.1. The second-order valence-corrected chi connectivity index (χ2v) is 11.0. The van der Waals surface area contributed by atoms with Gasteiger partial charge in [-0.3, -0.25) is 0 Å². The Morgan fingerprint density at radius 1 is 0.944 bits per heavy atom. The molecule has 1 aromatic carbocycles. The van der Waals surface area contributed by atoms with Crippen LogP contribution in [0.4, 0.5) is 0 Å². The molecular formula is C34H46N2. The average molecular weight is 483 g/mol. The van der Waals surface area contributed by atoms with Gasteiger partial charge in [0.1, 0.15) is 0 Å². The van der Waals surface area contributed by atoms with Gasteiger partial charge in [-0.15, -0.1) is 0 Å². The molecule has 1 aromatic rings. The third-order valence-electron chi connectivity index (χ3n) is 8.21. The molecule has 3 aliphatic carbocycles. The van der Waals surface area contributed by atoms with Crippen LogP contribution >= 0.6 is 0 Å². The Kier molecular flexibility index (Phi) is 9.50. The minimum Gasteiger partial charge on any atom is -0.382 e. The molecule has 1 atom stereocenters. The largest absolute Gasteiger partial charge is 0.382 e. The van der Waals surface area contributed by atoms with Crippen molar-refractivity contribution in [3.05, 3.63) is 102 Å². The molecule has 0 spiro atoms. The molecule has 0 saturated heterocycles. The summed E-state index contributed by atoms with van der Waals surface area (Å²) in [5.74, 6) is 0.629. The van der Waals surface area contributed by atoms with E-state index in [1.54, 1.807) is 0 Å². The second kappa shape index (κ2) is 13.0. The lowest BCUT2D eigenvalue weighted by atomic mass is 9.88. The summed E-state index contributed by atoms with van der Waals surface area (Å²) >= 11 is 0. The van der Waals surface area contributed by atoms with Gasteiger partial charge in [0.25, 0.3) is 0 Å². The number of aryl methyl sites for hydroxylation is 1. The Bertz CT molecular complexity index is 1040. The van der Waals surface area contributed by atoms with Crippen molar-refractivity contribution in [2.75, 3.05) is 0 Å². The number of benzene rings is 1. The molecule has 2 nitrogen and oxygen atoms in total. The maximum absolute atomic E-state index is 4.54. The van der Waals surface area contributed by atoms with Gasteiger partial charge in [-0.2, -0.15) is 0 Å². The SMILES string of the molecule is C=C/C=C(\C=C(/C)NC(=C)C1=CCC1)c1ccc2c(c1)CCCCC2NC(=C)C1CCCCCCC1. The number of allylic oxidation sites excluding steroid dienone is 8. The number of rotatable bonds is 9. The van der Waals surface area contributed by atoms with Crippen molar-refractivity contribution in [1.29, 1.82) is 0 Å². The molecule has 3 aliphatic rings. The molecule has 1 fully saturated rings. The van der Waals surface area contributed by atoms with Gasteiger partial charge in [0.15, 0.2) is 0 Å². The molecule has 192 valence electrons. The number of nitrogens with one attached hydrogen (secondary N) is 2. The molecule has 0 aromatic heterocycles. The predicted octanol–water partition coefficient (Wildman–Crippen LogP) is 9.21. The van der Waals surface area contributed by atoms with Crippen LogP contribution in [0, 0.1) is 5.92 Å². The molecule has 36 heavy (non-hydrogen) atoms. The third-order valence-corrected chi connectivity index (χ3v) is 8.21. The Morgan fingerprint density at radius 2 is 1.67 bits per heavy atom. The van der Waals surface area contributed by atoms with Crippen LogP contribution in [-0.4, -0.2) is 0 Å². The highest BCUT2D eigenvalue weighted by atomic mass is 14.9. The Morgan fingerprint density at radius 3 is 2.36 bits per heavy atom. The zero-order valence-electron chi connectivity index (χ0n) is 22.5. The smallest absolute Gasteiger partial charge is 0.0513 e. The van der Waals surface area contributed by atoms with Crippen molar-refractivity contribution >= 4 is 5.57 Å². The highest BCUT2D eigenvalue weighted by Gasteiger charge is 2.22. The van der Waals surface area contributed by atoms with Gasteiger partial charge in [0, 0.05) is 17.1 Å². The monoisotopic (exact) mass is 482 g/mol. The van der Waals surface area contributed by atoms with Crippen LogP contribution in [0.25, 0.3) is 5.57 Å². The molecule has 4 rings (SSSR count). The van der Waals surface area contributed by atoms with E-state index in [9.17, 15) is 0 Å². The number of hydrogen-bond acceptors (Lipinski definition) is 2. The van der Waals surface area contributed by atoms with Gasteiger partial charge in [0.05, 0.1) is 6.04 Å². The van der Waals surface area contributed by atoms with Gasteiger partial charge < -0.3 is 10.6 Å². The van der Waals surface area contributed by atoms with Crippen LogP contribution in [0.5, 0.6) is 0 Å². The van der Waals surface area contributed by atoms with Gasteiger partial charge in [-0.05, 0) is 91.7 Å². The van der Waals surface area contributed by atoms with Crippen molar-refractivity contribution in [3.63, 3.8) is 0 Å². The fourth-order valence-electron chi connectivity index (χ4n) is 5.96. The van der Waals surface area contributed by atoms with Crippen molar-refractivity contribution in [2.45, 2.75) is 96.4 Å². The summed E-state index contributed by atoms with van der Waals surface area (Å²) in [7, 11) is 0. The zero-order valence-corrected chi connectivity index (χ0v) is 22.5. The molecular weight excluding hydrogens is 436 g/mol. The highest BCUT2D eigenvalue weighted by molar-refractivity contribution is 5.76. The number of fused-ring (bicyclic) bond motifs is 1. The van der Waals surface area contributed by atoms with E-state index in [4.69, 9.17) is 0 Å². The summed E-state index contributed by atoms with van der Waals surface area (Å²) in [5, 5.41) is 7.40. The van der Waals surface area contributed by atoms with E-state index in [-0.39, 0.29) is 0 Å². The minimum atomic E-state index is 0.374. The van der Waals surface area contributed by atoms with Crippen LogP contribution in [0.3, 0.4) is 0 Å². The van der Waals surface area contributed by atoms with Crippen molar-refractivity contribution in [1.82, 2.24) is 10.6 Å². The van der Waals surface area contributed by atoms with E-state index in [0.29, 0.717) is 12.0 Å². The maximum Gasteiger partial charge on any atom is 0.0513 e. The second-order valence-electron chi connectivity index (χ2n) is 11.0. The van der Waals surface area contributed by atoms with Crippen molar-refractivity contribution in [3.8, 4) is 0 Å². The first-order valence-corrected chi connectivity index (χ1v) is 14.3. The van der Waals surface area contributed by atoms with Crippen LogP contribution in [0.2, 0.25) is 0 Å². The first-order valence-electron chi connectivity index (χ1n) is 14.3. The molecule has 1 saturated carbocycles. The third kappa shape index (κ3) is 6.93. The van der Waals surface area contributed by atoms with E-state index < -0.39 is 0 Å². The van der Waals surface area contributed by atoms with Gasteiger partial charge in [-0.25, -0.2) is 0 Å². The van der Waals surface area contributed by atoms with E-state index in [0.717, 1.165) is 24.2 Å².